The Morgan fingerprint density at radius 1 is 1.00 bits per heavy atom. The van der Waals surface area contributed by atoms with Crippen molar-refractivity contribution >= 4 is 27.7 Å². The fourth-order valence-corrected chi connectivity index (χ4v) is 2.50. The van der Waals surface area contributed by atoms with Crippen molar-refractivity contribution < 1.29 is 9.21 Å². The third-order valence-corrected chi connectivity index (χ3v) is 3.58. The zero-order valence-corrected chi connectivity index (χ0v) is 11.1. The summed E-state index contributed by atoms with van der Waals surface area (Å²) in [5, 5.41) is 1.78. The summed E-state index contributed by atoms with van der Waals surface area (Å²) in [5.74, 6) is -0.0711. The summed E-state index contributed by atoms with van der Waals surface area (Å²) in [5.41, 5.74) is 2.74. The third kappa shape index (κ3) is 1.91. The number of hydrogen-bond donors (Lipinski definition) is 0. The molecular weight excluding hydrogens is 262 g/mol. The number of para-hydroxylation sites is 2. The molecule has 0 fully saturated rings. The average Bonchev–Trinajstić information content (AvgIpc) is 2.98. The smallest absolute Gasteiger partial charge is 0.198 e. The van der Waals surface area contributed by atoms with Gasteiger partial charge in [0.1, 0.15) is 11.8 Å². The minimum Gasteiger partial charge on any atom is -0.464 e. The molecule has 0 radical (unpaired) electrons. The van der Waals surface area contributed by atoms with Gasteiger partial charge in [-0.1, -0.05) is 36.4 Å². The quantitative estimate of drug-likeness (QED) is 0.514. The molecule has 2 heterocycles. The van der Waals surface area contributed by atoms with Gasteiger partial charge in [-0.2, -0.15) is 0 Å². The second kappa shape index (κ2) is 4.56. The fourth-order valence-electron chi connectivity index (χ4n) is 2.50. The second-order valence-corrected chi connectivity index (χ2v) is 4.89. The lowest BCUT2D eigenvalue weighted by atomic mass is 10.0. The molecule has 0 aliphatic carbocycles. The normalized spacial score (nSPS) is 11.0. The molecule has 21 heavy (non-hydrogen) atoms. The van der Waals surface area contributed by atoms with E-state index in [-0.39, 0.29) is 5.78 Å². The van der Waals surface area contributed by atoms with Crippen molar-refractivity contribution in [3.05, 3.63) is 78.2 Å². The van der Waals surface area contributed by atoms with Crippen molar-refractivity contribution in [2.24, 2.45) is 0 Å². The molecule has 4 aromatic rings. The predicted molar refractivity (Wildman–Crippen MR) is 81.4 cm³/mol. The Hall–Kier alpha value is -2.94. The van der Waals surface area contributed by atoms with Crippen molar-refractivity contribution in [1.82, 2.24) is 4.98 Å². The Kier molecular flexibility index (Phi) is 2.57. The first-order chi connectivity index (χ1) is 10.3. The highest BCUT2D eigenvalue weighted by Crippen LogP contribution is 2.24. The standard InChI is InChI=1S/C18H11NO2/c20-18(15-11-21-17-8-4-2-6-14(15)17)13-9-12-5-1-3-7-16(12)19-10-13/h1-11H. The van der Waals surface area contributed by atoms with E-state index in [1.807, 2.05) is 54.6 Å². The van der Waals surface area contributed by atoms with Crippen molar-refractivity contribution in [1.29, 1.82) is 0 Å². The van der Waals surface area contributed by atoms with Crippen molar-refractivity contribution in [3.63, 3.8) is 0 Å². The minimum absolute atomic E-state index is 0.0711. The van der Waals surface area contributed by atoms with Crippen LogP contribution >= 0.6 is 0 Å². The van der Waals surface area contributed by atoms with Gasteiger partial charge in [-0.3, -0.25) is 9.78 Å². The minimum atomic E-state index is -0.0711. The van der Waals surface area contributed by atoms with E-state index >= 15 is 0 Å². The van der Waals surface area contributed by atoms with Crippen molar-refractivity contribution in [3.8, 4) is 0 Å². The summed E-state index contributed by atoms with van der Waals surface area (Å²) in [6.07, 6.45) is 3.13. The number of furan rings is 1. The second-order valence-electron chi connectivity index (χ2n) is 4.89. The Morgan fingerprint density at radius 2 is 1.81 bits per heavy atom. The topological polar surface area (TPSA) is 43.1 Å². The first kappa shape index (κ1) is 11.9. The van der Waals surface area contributed by atoms with Crippen LogP contribution in [0.15, 0.2) is 71.5 Å². The van der Waals surface area contributed by atoms with Crippen LogP contribution in [0.4, 0.5) is 0 Å². The van der Waals surface area contributed by atoms with E-state index < -0.39 is 0 Å². The molecule has 4 rings (SSSR count). The maximum absolute atomic E-state index is 12.7. The van der Waals surface area contributed by atoms with Gasteiger partial charge < -0.3 is 4.42 Å². The number of carbonyl (C=O) groups is 1. The first-order valence-corrected chi connectivity index (χ1v) is 6.69. The maximum atomic E-state index is 12.7. The summed E-state index contributed by atoms with van der Waals surface area (Å²) in [7, 11) is 0. The summed E-state index contributed by atoms with van der Waals surface area (Å²) in [4.78, 5) is 17.0. The molecular formula is C18H11NO2. The fraction of sp³-hybridized carbons (Fsp3) is 0. The molecule has 3 heteroatoms. The summed E-state index contributed by atoms with van der Waals surface area (Å²) in [6, 6.07) is 17.1. The predicted octanol–water partition coefficient (Wildman–Crippen LogP) is 4.21. The number of nitrogens with zero attached hydrogens (tertiary/aromatic N) is 1. The van der Waals surface area contributed by atoms with Gasteiger partial charge in [0.05, 0.1) is 11.1 Å². The number of pyridine rings is 1. The van der Waals surface area contributed by atoms with Crippen molar-refractivity contribution in [2.75, 3.05) is 0 Å². The molecule has 0 unspecified atom stereocenters. The highest BCUT2D eigenvalue weighted by Gasteiger charge is 2.16. The van der Waals surface area contributed by atoms with Gasteiger partial charge >= 0.3 is 0 Å². The average molecular weight is 273 g/mol. The number of rotatable bonds is 2. The molecule has 0 atom stereocenters. The number of ketones is 1. The molecule has 0 bridgehead atoms. The van der Waals surface area contributed by atoms with Gasteiger partial charge in [0.2, 0.25) is 0 Å². The van der Waals surface area contributed by atoms with Gasteiger partial charge in [-0.05, 0) is 18.2 Å². The van der Waals surface area contributed by atoms with Crippen molar-refractivity contribution in [2.45, 2.75) is 0 Å². The molecule has 2 aromatic heterocycles. The van der Waals surface area contributed by atoms with Gasteiger partial charge in [0, 0.05) is 22.5 Å². The Balaban J connectivity index is 1.86. The van der Waals surface area contributed by atoms with Gasteiger partial charge in [0.15, 0.2) is 5.78 Å². The largest absolute Gasteiger partial charge is 0.464 e. The highest BCUT2D eigenvalue weighted by molar-refractivity contribution is 6.16. The van der Waals surface area contributed by atoms with Crippen LogP contribution in [-0.4, -0.2) is 10.8 Å². The highest BCUT2D eigenvalue weighted by atomic mass is 16.3. The molecule has 2 aromatic carbocycles. The first-order valence-electron chi connectivity index (χ1n) is 6.69. The van der Waals surface area contributed by atoms with Crippen LogP contribution in [0, 0.1) is 0 Å². The molecule has 0 aliphatic rings. The van der Waals surface area contributed by atoms with Gasteiger partial charge in [0.25, 0.3) is 0 Å². The molecule has 0 saturated heterocycles. The van der Waals surface area contributed by atoms with Crippen LogP contribution in [0.2, 0.25) is 0 Å². The van der Waals surface area contributed by atoms with E-state index in [2.05, 4.69) is 4.98 Å². The number of fused-ring (bicyclic) bond motifs is 2. The van der Waals surface area contributed by atoms with E-state index in [1.54, 1.807) is 6.20 Å². The Morgan fingerprint density at radius 3 is 2.76 bits per heavy atom. The maximum Gasteiger partial charge on any atom is 0.198 e. The van der Waals surface area contributed by atoms with Crippen LogP contribution in [0.1, 0.15) is 15.9 Å². The summed E-state index contributed by atoms with van der Waals surface area (Å²) >= 11 is 0. The van der Waals surface area contributed by atoms with Crippen LogP contribution < -0.4 is 0 Å². The lowest BCUT2D eigenvalue weighted by Crippen LogP contribution is -2.01. The lowest BCUT2D eigenvalue weighted by Gasteiger charge is -2.01. The Labute approximate surface area is 120 Å². The molecule has 0 spiro atoms. The third-order valence-electron chi connectivity index (χ3n) is 3.58. The summed E-state index contributed by atoms with van der Waals surface area (Å²) in [6.45, 7) is 0. The van der Waals surface area contributed by atoms with E-state index in [9.17, 15) is 4.79 Å². The SMILES string of the molecule is O=C(c1cnc2ccccc2c1)c1coc2ccccc12. The van der Waals surface area contributed by atoms with E-state index in [4.69, 9.17) is 4.42 Å². The summed E-state index contributed by atoms with van der Waals surface area (Å²) < 4.78 is 5.44. The van der Waals surface area contributed by atoms with E-state index in [1.165, 1.54) is 6.26 Å². The lowest BCUT2D eigenvalue weighted by molar-refractivity contribution is 0.103. The van der Waals surface area contributed by atoms with Crippen LogP contribution in [0.25, 0.3) is 21.9 Å². The van der Waals surface area contributed by atoms with E-state index in [0.717, 1.165) is 21.9 Å². The molecule has 0 N–H and O–H groups in total. The zero-order chi connectivity index (χ0) is 14.2. The number of aromatic nitrogens is 1. The monoisotopic (exact) mass is 273 g/mol. The zero-order valence-electron chi connectivity index (χ0n) is 11.1. The molecule has 100 valence electrons. The molecule has 3 nitrogen and oxygen atoms in total. The molecule has 0 amide bonds. The van der Waals surface area contributed by atoms with Crippen LogP contribution in [0.5, 0.6) is 0 Å². The van der Waals surface area contributed by atoms with Gasteiger partial charge in [-0.15, -0.1) is 0 Å². The number of hydrogen-bond acceptors (Lipinski definition) is 3. The van der Waals surface area contributed by atoms with Crippen LogP contribution in [-0.2, 0) is 0 Å². The molecule has 0 saturated carbocycles. The number of benzene rings is 2. The van der Waals surface area contributed by atoms with Gasteiger partial charge in [-0.25, -0.2) is 0 Å². The number of carbonyl (C=O) groups excluding carboxylic acids is 1. The Bertz CT molecular complexity index is 969. The molecule has 0 aliphatic heterocycles. The van der Waals surface area contributed by atoms with E-state index in [0.29, 0.717) is 11.1 Å². The van der Waals surface area contributed by atoms with Crippen LogP contribution in [0.3, 0.4) is 0 Å².